The van der Waals surface area contributed by atoms with Gasteiger partial charge in [-0.05, 0) is 70.6 Å². The Hall–Kier alpha value is -1.88. The van der Waals surface area contributed by atoms with Crippen LogP contribution in [0.15, 0.2) is 36.5 Å². The molecule has 0 aliphatic heterocycles. The van der Waals surface area contributed by atoms with E-state index in [9.17, 15) is 14.7 Å². The fraction of sp³-hybridized carbons (Fsp3) is 0.784. The molecule has 42 heavy (non-hydrogen) atoms. The van der Waals surface area contributed by atoms with Gasteiger partial charge in [0.05, 0.1) is 6.61 Å². The first-order chi connectivity index (χ1) is 20.6. The number of allylic oxidation sites excluding steroid dienone is 6. The van der Waals surface area contributed by atoms with Crippen LogP contribution in [-0.4, -0.2) is 36.4 Å². The smallest absolute Gasteiger partial charge is 0.306 e. The molecule has 0 rings (SSSR count). The van der Waals surface area contributed by atoms with Crippen LogP contribution in [-0.2, 0) is 19.1 Å². The molecule has 0 heterocycles. The Bertz CT molecular complexity index is 682. The van der Waals surface area contributed by atoms with Crippen molar-refractivity contribution in [3.63, 3.8) is 0 Å². The summed E-state index contributed by atoms with van der Waals surface area (Å²) in [6.45, 7) is 4.06. The lowest BCUT2D eigenvalue weighted by Crippen LogP contribution is -2.28. The Kier molecular flexibility index (Phi) is 32.1. The molecule has 0 aliphatic rings. The predicted octanol–water partition coefficient (Wildman–Crippen LogP) is 10.5. The zero-order chi connectivity index (χ0) is 30.8. The van der Waals surface area contributed by atoms with Gasteiger partial charge in [0.15, 0.2) is 6.10 Å². The number of aliphatic hydroxyl groups is 1. The monoisotopic (exact) mass is 590 g/mol. The summed E-state index contributed by atoms with van der Waals surface area (Å²) in [5.41, 5.74) is 0. The zero-order valence-corrected chi connectivity index (χ0v) is 27.5. The molecule has 0 aromatic carbocycles. The summed E-state index contributed by atoms with van der Waals surface area (Å²) in [5, 5.41) is 9.51. The van der Waals surface area contributed by atoms with Gasteiger partial charge < -0.3 is 14.6 Å². The maximum absolute atomic E-state index is 12.1. The highest BCUT2D eigenvalue weighted by Crippen LogP contribution is 2.11. The normalized spacial score (nSPS) is 12.5. The van der Waals surface area contributed by atoms with Crippen molar-refractivity contribution in [2.45, 2.75) is 174 Å². The molecule has 0 unspecified atom stereocenters. The lowest BCUT2D eigenvalue weighted by atomic mass is 10.1. The highest BCUT2D eigenvalue weighted by Gasteiger charge is 2.16. The summed E-state index contributed by atoms with van der Waals surface area (Å²) in [4.78, 5) is 24.1. The highest BCUT2D eigenvalue weighted by molar-refractivity contribution is 5.70. The van der Waals surface area contributed by atoms with Crippen molar-refractivity contribution < 1.29 is 24.2 Å². The van der Waals surface area contributed by atoms with E-state index in [0.717, 1.165) is 57.8 Å². The number of unbranched alkanes of at least 4 members (excludes halogenated alkanes) is 17. The van der Waals surface area contributed by atoms with E-state index in [0.29, 0.717) is 12.8 Å². The molecule has 0 aromatic heterocycles. The molecule has 5 nitrogen and oxygen atoms in total. The third kappa shape index (κ3) is 31.1. The number of carbonyl (C=O) groups excluding carboxylic acids is 2. The number of ether oxygens (including phenoxy) is 2. The predicted molar refractivity (Wildman–Crippen MR) is 178 cm³/mol. The second-order valence-corrected chi connectivity index (χ2v) is 11.6. The Morgan fingerprint density at radius 3 is 1.48 bits per heavy atom. The van der Waals surface area contributed by atoms with E-state index >= 15 is 0 Å². The van der Waals surface area contributed by atoms with Gasteiger partial charge in [-0.2, -0.15) is 0 Å². The molecule has 0 saturated carbocycles. The van der Waals surface area contributed by atoms with E-state index in [1.807, 2.05) is 0 Å². The zero-order valence-electron chi connectivity index (χ0n) is 27.5. The lowest BCUT2D eigenvalue weighted by molar-refractivity contribution is -0.161. The second-order valence-electron chi connectivity index (χ2n) is 11.6. The Morgan fingerprint density at radius 1 is 0.548 bits per heavy atom. The van der Waals surface area contributed by atoms with Gasteiger partial charge in [-0.1, -0.05) is 121 Å². The fourth-order valence-electron chi connectivity index (χ4n) is 4.69. The number of esters is 2. The molecule has 0 saturated heterocycles. The number of hydrogen-bond donors (Lipinski definition) is 1. The summed E-state index contributed by atoms with van der Waals surface area (Å²) >= 11 is 0. The number of carbonyl (C=O) groups is 2. The van der Waals surface area contributed by atoms with E-state index in [4.69, 9.17) is 9.47 Å². The van der Waals surface area contributed by atoms with E-state index in [1.54, 1.807) is 0 Å². The van der Waals surface area contributed by atoms with Crippen molar-refractivity contribution in [3.8, 4) is 0 Å². The molecule has 1 atom stereocenters. The molecule has 0 aromatic rings. The minimum Gasteiger partial charge on any atom is -0.462 e. The molecular formula is C37H66O5. The molecule has 0 aliphatic carbocycles. The number of rotatable bonds is 31. The molecule has 0 bridgehead atoms. The van der Waals surface area contributed by atoms with Crippen LogP contribution >= 0.6 is 0 Å². The molecular weight excluding hydrogens is 524 g/mol. The first-order valence-electron chi connectivity index (χ1n) is 17.5. The number of hydrogen-bond acceptors (Lipinski definition) is 5. The average Bonchev–Trinajstić information content (AvgIpc) is 2.99. The van der Waals surface area contributed by atoms with Gasteiger partial charge in [0.1, 0.15) is 6.61 Å². The minimum absolute atomic E-state index is 0.0759. The van der Waals surface area contributed by atoms with E-state index in [2.05, 4.69) is 50.3 Å². The van der Waals surface area contributed by atoms with Gasteiger partial charge in [0.2, 0.25) is 0 Å². The van der Waals surface area contributed by atoms with E-state index < -0.39 is 6.10 Å². The summed E-state index contributed by atoms with van der Waals surface area (Å²) in [6.07, 6.45) is 39.0. The molecule has 1 N–H and O–H groups in total. The van der Waals surface area contributed by atoms with Crippen LogP contribution in [0.2, 0.25) is 0 Å². The van der Waals surface area contributed by atoms with Crippen molar-refractivity contribution in [3.05, 3.63) is 36.5 Å². The van der Waals surface area contributed by atoms with Crippen LogP contribution in [0.1, 0.15) is 168 Å². The van der Waals surface area contributed by atoms with Gasteiger partial charge in [-0.15, -0.1) is 0 Å². The highest BCUT2D eigenvalue weighted by atomic mass is 16.6. The molecule has 0 fully saturated rings. The first-order valence-corrected chi connectivity index (χ1v) is 17.5. The van der Waals surface area contributed by atoms with Gasteiger partial charge in [0.25, 0.3) is 0 Å². The van der Waals surface area contributed by atoms with Crippen molar-refractivity contribution in [2.24, 2.45) is 0 Å². The van der Waals surface area contributed by atoms with Crippen molar-refractivity contribution >= 4 is 11.9 Å². The van der Waals surface area contributed by atoms with Crippen LogP contribution in [0.3, 0.4) is 0 Å². The molecule has 5 heteroatoms. The molecule has 244 valence electrons. The summed E-state index contributed by atoms with van der Waals surface area (Å²) in [6, 6.07) is 0. The fourth-order valence-corrected chi connectivity index (χ4v) is 4.69. The van der Waals surface area contributed by atoms with Crippen molar-refractivity contribution in [2.75, 3.05) is 13.2 Å². The second kappa shape index (κ2) is 33.6. The summed E-state index contributed by atoms with van der Waals surface area (Å²) in [7, 11) is 0. The van der Waals surface area contributed by atoms with Crippen LogP contribution in [0.25, 0.3) is 0 Å². The van der Waals surface area contributed by atoms with Gasteiger partial charge in [-0.3, -0.25) is 9.59 Å². The molecule has 0 spiro atoms. The quantitative estimate of drug-likeness (QED) is 0.0494. The molecule has 0 radical (unpaired) electrons. The van der Waals surface area contributed by atoms with Crippen LogP contribution in [0.4, 0.5) is 0 Å². The summed E-state index contributed by atoms with van der Waals surface area (Å²) < 4.78 is 10.5. The van der Waals surface area contributed by atoms with Crippen LogP contribution in [0, 0.1) is 0 Å². The SMILES string of the molecule is CCCCC/C=C\C/C=C\CCCCCCCC(=O)OC[C@H](CO)OC(=O)CCCCCCC/C=C\CCCCCC. The van der Waals surface area contributed by atoms with Crippen LogP contribution < -0.4 is 0 Å². The van der Waals surface area contributed by atoms with Crippen molar-refractivity contribution in [1.82, 2.24) is 0 Å². The van der Waals surface area contributed by atoms with Crippen molar-refractivity contribution in [1.29, 1.82) is 0 Å². The van der Waals surface area contributed by atoms with Gasteiger partial charge in [-0.25, -0.2) is 0 Å². The summed E-state index contributed by atoms with van der Waals surface area (Å²) in [5.74, 6) is -0.619. The Morgan fingerprint density at radius 2 is 0.952 bits per heavy atom. The van der Waals surface area contributed by atoms with Gasteiger partial charge >= 0.3 is 11.9 Å². The average molecular weight is 591 g/mol. The van der Waals surface area contributed by atoms with E-state index in [1.165, 1.54) is 83.5 Å². The Labute approximate surface area is 259 Å². The molecule has 0 amide bonds. The first kappa shape index (κ1) is 40.1. The van der Waals surface area contributed by atoms with Gasteiger partial charge in [0, 0.05) is 12.8 Å². The third-order valence-corrected chi connectivity index (χ3v) is 7.41. The largest absolute Gasteiger partial charge is 0.462 e. The third-order valence-electron chi connectivity index (χ3n) is 7.41. The Balaban J connectivity index is 3.62. The lowest BCUT2D eigenvalue weighted by Gasteiger charge is -2.15. The maximum Gasteiger partial charge on any atom is 0.306 e. The standard InChI is InChI=1S/C37H66O5/c1-3-5-7-9-11-13-15-17-18-20-21-23-25-27-29-31-36(39)41-34-35(33-38)42-37(40)32-30-28-26-24-22-19-16-14-12-10-8-6-4-2/h11,13-14,16-18,35,38H,3-10,12,15,19-34H2,1-2H3/b13-11-,16-14-,18-17-/t35-/m0/s1. The topological polar surface area (TPSA) is 72.8 Å². The van der Waals surface area contributed by atoms with Crippen LogP contribution in [0.5, 0.6) is 0 Å². The van der Waals surface area contributed by atoms with E-state index in [-0.39, 0.29) is 25.2 Å². The maximum atomic E-state index is 12.1. The number of aliphatic hydroxyl groups excluding tert-OH is 1. The minimum atomic E-state index is -0.778.